The molecule has 1 heterocycles. The maximum absolute atomic E-state index is 12.1. The van der Waals surface area contributed by atoms with Crippen molar-refractivity contribution in [1.29, 1.82) is 0 Å². The molecule has 0 spiro atoms. The molecule has 88 valence electrons. The maximum Gasteiger partial charge on any atom is 0.278 e. The molecule has 0 bridgehead atoms. The number of aryl methyl sites for hydroxylation is 2. The fraction of sp³-hybridized carbons (Fsp3) is 0.167. The quantitative estimate of drug-likeness (QED) is 0.794. The Bertz CT molecular complexity index is 590. The average molecular weight is 269 g/mol. The Hall–Kier alpha value is -1.32. The zero-order valence-corrected chi connectivity index (χ0v) is 10.9. The molecule has 0 fully saturated rings. The van der Waals surface area contributed by atoms with Crippen LogP contribution in [0.1, 0.15) is 21.7 Å². The Morgan fingerprint density at radius 3 is 2.41 bits per heavy atom. The van der Waals surface area contributed by atoms with Crippen molar-refractivity contribution < 1.29 is 4.79 Å². The number of carbonyl (C=O) groups is 1. The van der Waals surface area contributed by atoms with Crippen molar-refractivity contribution in [1.82, 2.24) is 9.78 Å². The van der Waals surface area contributed by atoms with Crippen molar-refractivity contribution in [3.63, 3.8) is 0 Å². The summed E-state index contributed by atoms with van der Waals surface area (Å²) in [5.74, 6) is -0.214. The summed E-state index contributed by atoms with van der Waals surface area (Å²) in [6.07, 6.45) is 0. The van der Waals surface area contributed by atoms with Crippen molar-refractivity contribution in [2.45, 2.75) is 13.8 Å². The molecule has 0 aliphatic rings. The molecular formula is C12H10Cl2N2O. The summed E-state index contributed by atoms with van der Waals surface area (Å²) in [5.41, 5.74) is 2.06. The lowest BCUT2D eigenvalue weighted by atomic mass is 10.2. The van der Waals surface area contributed by atoms with Crippen LogP contribution in [0.25, 0.3) is 0 Å². The summed E-state index contributed by atoms with van der Waals surface area (Å²) in [6.45, 7) is 3.67. The molecule has 0 aliphatic carbocycles. The monoisotopic (exact) mass is 268 g/mol. The minimum atomic E-state index is -0.214. The highest BCUT2D eigenvalue weighted by atomic mass is 35.5. The van der Waals surface area contributed by atoms with E-state index in [1.807, 2.05) is 19.9 Å². The van der Waals surface area contributed by atoms with Crippen LogP contribution in [0.4, 0.5) is 0 Å². The molecule has 0 unspecified atom stereocenters. The van der Waals surface area contributed by atoms with Crippen LogP contribution in [0.3, 0.4) is 0 Å². The van der Waals surface area contributed by atoms with Gasteiger partial charge in [0.1, 0.15) is 0 Å². The highest BCUT2D eigenvalue weighted by Crippen LogP contribution is 2.23. The van der Waals surface area contributed by atoms with Gasteiger partial charge in [0.25, 0.3) is 5.91 Å². The Morgan fingerprint density at radius 2 is 1.88 bits per heavy atom. The summed E-state index contributed by atoms with van der Waals surface area (Å²) < 4.78 is 1.36. The van der Waals surface area contributed by atoms with E-state index in [9.17, 15) is 4.79 Å². The standard InChI is InChI=1S/C12H10Cl2N2O/c1-7-5-8(2)16(15-7)12(17)9-3-4-10(13)11(14)6-9/h3-6H,1-2H3. The van der Waals surface area contributed by atoms with Crippen molar-refractivity contribution in [2.75, 3.05) is 0 Å². The van der Waals surface area contributed by atoms with Gasteiger partial charge in [-0.1, -0.05) is 23.2 Å². The molecule has 3 nitrogen and oxygen atoms in total. The highest BCUT2D eigenvalue weighted by Gasteiger charge is 2.13. The molecule has 17 heavy (non-hydrogen) atoms. The van der Waals surface area contributed by atoms with Crippen LogP contribution >= 0.6 is 23.2 Å². The summed E-state index contributed by atoms with van der Waals surface area (Å²) in [5, 5.41) is 4.92. The topological polar surface area (TPSA) is 34.9 Å². The predicted molar refractivity (Wildman–Crippen MR) is 67.9 cm³/mol. The molecule has 1 aromatic carbocycles. The van der Waals surface area contributed by atoms with E-state index in [2.05, 4.69) is 5.10 Å². The van der Waals surface area contributed by atoms with E-state index in [1.165, 1.54) is 4.68 Å². The van der Waals surface area contributed by atoms with Gasteiger partial charge in [0.05, 0.1) is 15.7 Å². The molecule has 0 radical (unpaired) electrons. The molecule has 0 saturated carbocycles. The number of rotatable bonds is 1. The fourth-order valence-corrected chi connectivity index (χ4v) is 1.88. The number of carbonyl (C=O) groups excluding carboxylic acids is 1. The van der Waals surface area contributed by atoms with Gasteiger partial charge in [-0.3, -0.25) is 4.79 Å². The summed E-state index contributed by atoms with van der Waals surface area (Å²) in [6, 6.07) is 6.62. The van der Waals surface area contributed by atoms with E-state index in [0.717, 1.165) is 11.4 Å². The smallest absolute Gasteiger partial charge is 0.267 e. The molecule has 0 saturated heterocycles. The molecule has 2 rings (SSSR count). The second-order valence-corrected chi connectivity index (χ2v) is 4.59. The van der Waals surface area contributed by atoms with Crippen LogP contribution in [-0.2, 0) is 0 Å². The van der Waals surface area contributed by atoms with Crippen LogP contribution in [0.2, 0.25) is 10.0 Å². The second kappa shape index (κ2) is 4.51. The van der Waals surface area contributed by atoms with E-state index >= 15 is 0 Å². The Morgan fingerprint density at radius 1 is 1.18 bits per heavy atom. The first kappa shape index (κ1) is 12.1. The van der Waals surface area contributed by atoms with E-state index in [4.69, 9.17) is 23.2 Å². The SMILES string of the molecule is Cc1cc(C)n(C(=O)c2ccc(Cl)c(Cl)c2)n1. The van der Waals surface area contributed by atoms with Gasteiger partial charge in [-0.15, -0.1) is 0 Å². The number of hydrogen-bond acceptors (Lipinski definition) is 2. The molecule has 0 aliphatic heterocycles. The van der Waals surface area contributed by atoms with Crippen LogP contribution in [-0.4, -0.2) is 15.7 Å². The molecule has 2 aromatic rings. The maximum atomic E-state index is 12.1. The van der Waals surface area contributed by atoms with Crippen LogP contribution in [0.15, 0.2) is 24.3 Å². The van der Waals surface area contributed by atoms with Gasteiger partial charge < -0.3 is 0 Å². The molecular weight excluding hydrogens is 259 g/mol. The number of hydrogen-bond donors (Lipinski definition) is 0. The third-order valence-electron chi connectivity index (χ3n) is 2.37. The summed E-state index contributed by atoms with van der Waals surface area (Å²) in [7, 11) is 0. The first-order valence-corrected chi connectivity index (χ1v) is 5.77. The Labute approximate surface area is 109 Å². The largest absolute Gasteiger partial charge is 0.278 e. The third kappa shape index (κ3) is 2.35. The highest BCUT2D eigenvalue weighted by molar-refractivity contribution is 6.42. The van der Waals surface area contributed by atoms with Gasteiger partial charge in [-0.2, -0.15) is 5.10 Å². The van der Waals surface area contributed by atoms with Crippen LogP contribution in [0.5, 0.6) is 0 Å². The van der Waals surface area contributed by atoms with Crippen molar-refractivity contribution >= 4 is 29.1 Å². The first-order valence-electron chi connectivity index (χ1n) is 5.02. The molecule has 0 N–H and O–H groups in total. The van der Waals surface area contributed by atoms with Gasteiger partial charge in [0.2, 0.25) is 0 Å². The van der Waals surface area contributed by atoms with E-state index in [0.29, 0.717) is 15.6 Å². The van der Waals surface area contributed by atoms with Crippen molar-refractivity contribution in [3.8, 4) is 0 Å². The minimum absolute atomic E-state index is 0.214. The molecule has 0 atom stereocenters. The van der Waals surface area contributed by atoms with Gasteiger partial charge in [-0.05, 0) is 38.1 Å². The Kier molecular flexibility index (Phi) is 3.22. The molecule has 0 amide bonds. The zero-order chi connectivity index (χ0) is 12.6. The lowest BCUT2D eigenvalue weighted by Crippen LogP contribution is -2.15. The number of aromatic nitrogens is 2. The van der Waals surface area contributed by atoms with Gasteiger partial charge in [0, 0.05) is 11.3 Å². The number of benzene rings is 1. The Balaban J connectivity index is 2.44. The van der Waals surface area contributed by atoms with E-state index in [1.54, 1.807) is 18.2 Å². The van der Waals surface area contributed by atoms with Crippen LogP contribution in [0, 0.1) is 13.8 Å². The fourth-order valence-electron chi connectivity index (χ4n) is 1.59. The van der Waals surface area contributed by atoms with Gasteiger partial charge >= 0.3 is 0 Å². The lowest BCUT2D eigenvalue weighted by Gasteiger charge is -2.04. The number of nitrogens with zero attached hydrogens (tertiary/aromatic N) is 2. The predicted octanol–water partition coefficient (Wildman–Crippen LogP) is 3.50. The lowest BCUT2D eigenvalue weighted by molar-refractivity contribution is 0.0942. The van der Waals surface area contributed by atoms with Crippen molar-refractivity contribution in [3.05, 3.63) is 51.3 Å². The second-order valence-electron chi connectivity index (χ2n) is 3.77. The van der Waals surface area contributed by atoms with E-state index < -0.39 is 0 Å². The summed E-state index contributed by atoms with van der Waals surface area (Å²) in [4.78, 5) is 12.1. The normalized spacial score (nSPS) is 10.6. The molecule has 1 aromatic heterocycles. The van der Waals surface area contributed by atoms with Gasteiger partial charge in [0.15, 0.2) is 0 Å². The first-order chi connectivity index (χ1) is 7.99. The van der Waals surface area contributed by atoms with E-state index in [-0.39, 0.29) is 5.91 Å². The number of halogens is 2. The zero-order valence-electron chi connectivity index (χ0n) is 9.37. The van der Waals surface area contributed by atoms with Gasteiger partial charge in [-0.25, -0.2) is 4.68 Å². The summed E-state index contributed by atoms with van der Waals surface area (Å²) >= 11 is 11.7. The minimum Gasteiger partial charge on any atom is -0.267 e. The third-order valence-corrected chi connectivity index (χ3v) is 3.11. The average Bonchev–Trinajstić information content (AvgIpc) is 2.61. The molecule has 5 heteroatoms. The van der Waals surface area contributed by atoms with Crippen LogP contribution < -0.4 is 0 Å². The van der Waals surface area contributed by atoms with Crippen molar-refractivity contribution in [2.24, 2.45) is 0 Å².